The van der Waals surface area contributed by atoms with E-state index in [-0.39, 0.29) is 12.5 Å². The molecule has 0 bridgehead atoms. The van der Waals surface area contributed by atoms with Crippen molar-refractivity contribution >= 4 is 29.2 Å². The SMILES string of the molecule is Cn1nc(-c2ccc(N3C[C@@H](C(F)(F)F)CC3=O)cc2)nc1Nc1ccc(-c2ccnc(N)n2)cc1. The molecule has 3 heterocycles. The number of aromatic nitrogens is 5. The first-order valence-electron chi connectivity index (χ1n) is 11.0. The van der Waals surface area contributed by atoms with E-state index in [0.29, 0.717) is 28.7 Å². The van der Waals surface area contributed by atoms with Gasteiger partial charge in [-0.1, -0.05) is 12.1 Å². The van der Waals surface area contributed by atoms with E-state index in [2.05, 4.69) is 25.4 Å². The minimum atomic E-state index is -4.39. The Bertz CT molecular complexity index is 1400. The fraction of sp³-hybridized carbons (Fsp3) is 0.208. The van der Waals surface area contributed by atoms with Crippen molar-refractivity contribution in [2.45, 2.75) is 12.6 Å². The van der Waals surface area contributed by atoms with Gasteiger partial charge in [0.1, 0.15) is 0 Å². The van der Waals surface area contributed by atoms with Crippen molar-refractivity contribution in [1.29, 1.82) is 0 Å². The van der Waals surface area contributed by atoms with Crippen molar-refractivity contribution in [2.24, 2.45) is 13.0 Å². The summed E-state index contributed by atoms with van der Waals surface area (Å²) in [6.07, 6.45) is -3.33. The number of amides is 1. The van der Waals surface area contributed by atoms with Gasteiger partial charge >= 0.3 is 6.18 Å². The van der Waals surface area contributed by atoms with Crippen LogP contribution in [0.3, 0.4) is 0 Å². The molecule has 1 aliphatic heterocycles. The molecule has 1 fully saturated rings. The van der Waals surface area contributed by atoms with Crippen LogP contribution in [0.4, 0.5) is 36.4 Å². The van der Waals surface area contributed by atoms with Crippen LogP contribution in [0.25, 0.3) is 22.6 Å². The van der Waals surface area contributed by atoms with Gasteiger partial charge in [-0.2, -0.15) is 18.2 Å². The smallest absolute Gasteiger partial charge is 0.368 e. The number of carbonyl (C=O) groups excluding carboxylic acids is 1. The van der Waals surface area contributed by atoms with Gasteiger partial charge in [0.05, 0.1) is 11.6 Å². The molecule has 3 N–H and O–H groups in total. The largest absolute Gasteiger partial charge is 0.394 e. The molecule has 12 heteroatoms. The molecule has 4 aromatic rings. The molecule has 0 saturated carbocycles. The third-order valence-corrected chi connectivity index (χ3v) is 5.90. The van der Waals surface area contributed by atoms with E-state index in [1.807, 2.05) is 24.3 Å². The van der Waals surface area contributed by atoms with Crippen molar-refractivity contribution in [3.05, 3.63) is 60.8 Å². The first-order valence-corrected chi connectivity index (χ1v) is 11.0. The molecule has 2 aromatic heterocycles. The molecule has 2 aromatic carbocycles. The standard InChI is InChI=1S/C24H21F3N8O/c1-34-23(30-17-6-2-14(3-7-17)19-10-11-29-22(28)31-19)32-21(33-34)15-4-8-18(9-5-15)35-13-16(12-20(35)36)24(25,26)27/h2-11,16H,12-13H2,1H3,(H2,28,29,31)(H,30,32,33)/t16-/m0/s1. The van der Waals surface area contributed by atoms with Crippen molar-refractivity contribution in [1.82, 2.24) is 24.7 Å². The Morgan fingerprint density at radius 1 is 1.00 bits per heavy atom. The maximum atomic E-state index is 13.0. The second kappa shape index (κ2) is 8.95. The number of rotatable bonds is 5. The van der Waals surface area contributed by atoms with Crippen LogP contribution in [0.5, 0.6) is 0 Å². The van der Waals surface area contributed by atoms with Crippen LogP contribution in [0.15, 0.2) is 60.8 Å². The van der Waals surface area contributed by atoms with Crippen LogP contribution >= 0.6 is 0 Å². The Kier molecular flexibility index (Phi) is 5.78. The molecule has 9 nitrogen and oxygen atoms in total. The molecule has 5 rings (SSSR count). The van der Waals surface area contributed by atoms with Crippen molar-refractivity contribution in [2.75, 3.05) is 22.5 Å². The van der Waals surface area contributed by atoms with E-state index >= 15 is 0 Å². The molecule has 0 radical (unpaired) electrons. The molecule has 1 saturated heterocycles. The molecule has 0 unspecified atom stereocenters. The van der Waals surface area contributed by atoms with Crippen molar-refractivity contribution in [3.8, 4) is 22.6 Å². The Morgan fingerprint density at radius 2 is 1.69 bits per heavy atom. The lowest BCUT2D eigenvalue weighted by atomic mass is 10.1. The Hall–Kier alpha value is -4.48. The minimum absolute atomic E-state index is 0.201. The van der Waals surface area contributed by atoms with E-state index in [9.17, 15) is 18.0 Å². The van der Waals surface area contributed by atoms with Gasteiger partial charge in [-0.25, -0.2) is 14.6 Å². The van der Waals surface area contributed by atoms with Crippen LogP contribution in [0.1, 0.15) is 6.42 Å². The fourth-order valence-corrected chi connectivity index (χ4v) is 3.97. The number of nitrogen functional groups attached to an aromatic ring is 1. The molecule has 1 aliphatic rings. The number of halogens is 3. The maximum Gasteiger partial charge on any atom is 0.394 e. The minimum Gasteiger partial charge on any atom is -0.368 e. The summed E-state index contributed by atoms with van der Waals surface area (Å²) in [5.74, 6) is -1.06. The van der Waals surface area contributed by atoms with E-state index in [1.54, 1.807) is 48.3 Å². The highest BCUT2D eigenvalue weighted by Gasteiger charge is 2.47. The number of alkyl halides is 3. The first kappa shape index (κ1) is 23.3. The van der Waals surface area contributed by atoms with Crippen LogP contribution < -0.4 is 16.0 Å². The maximum absolute atomic E-state index is 13.0. The Labute approximate surface area is 203 Å². The molecule has 1 amide bonds. The molecule has 0 aliphatic carbocycles. The summed E-state index contributed by atoms with van der Waals surface area (Å²) < 4.78 is 40.6. The Morgan fingerprint density at radius 3 is 2.33 bits per heavy atom. The van der Waals surface area contributed by atoms with E-state index in [1.165, 1.54) is 4.90 Å². The number of nitrogens with zero attached hydrogens (tertiary/aromatic N) is 6. The lowest BCUT2D eigenvalue weighted by Gasteiger charge is -2.18. The third kappa shape index (κ3) is 4.69. The molecule has 184 valence electrons. The van der Waals surface area contributed by atoms with Gasteiger partial charge in [-0.05, 0) is 42.5 Å². The second-order valence-corrected chi connectivity index (χ2v) is 8.38. The van der Waals surface area contributed by atoms with Crippen molar-refractivity contribution < 1.29 is 18.0 Å². The van der Waals surface area contributed by atoms with E-state index in [0.717, 1.165) is 11.3 Å². The topological polar surface area (TPSA) is 115 Å². The number of hydrogen-bond donors (Lipinski definition) is 2. The lowest BCUT2D eigenvalue weighted by molar-refractivity contribution is -0.169. The zero-order valence-corrected chi connectivity index (χ0v) is 19.1. The predicted octanol–water partition coefficient (Wildman–Crippen LogP) is 4.18. The summed E-state index contributed by atoms with van der Waals surface area (Å²) in [4.78, 5) is 25.9. The highest BCUT2D eigenvalue weighted by Crippen LogP contribution is 2.36. The average molecular weight is 494 g/mol. The van der Waals surface area contributed by atoms with Gasteiger partial charge in [-0.15, -0.1) is 5.10 Å². The summed E-state index contributed by atoms with van der Waals surface area (Å²) in [5, 5.41) is 7.63. The number of nitrogens with one attached hydrogen (secondary N) is 1. The number of benzene rings is 2. The average Bonchev–Trinajstić information content (AvgIpc) is 3.42. The molecule has 0 spiro atoms. The van der Waals surface area contributed by atoms with Gasteiger partial charge in [0.25, 0.3) is 0 Å². The third-order valence-electron chi connectivity index (χ3n) is 5.90. The number of nitrogens with two attached hydrogens (primary N) is 1. The van der Waals surface area contributed by atoms with Gasteiger partial charge in [0.15, 0.2) is 5.82 Å². The van der Waals surface area contributed by atoms with Crippen LogP contribution in [-0.4, -0.2) is 43.4 Å². The van der Waals surface area contributed by atoms with Crippen LogP contribution in [-0.2, 0) is 11.8 Å². The van der Waals surface area contributed by atoms with Gasteiger partial charge in [-0.3, -0.25) is 4.79 Å². The molecule has 36 heavy (non-hydrogen) atoms. The molecular weight excluding hydrogens is 473 g/mol. The van der Waals surface area contributed by atoms with Crippen LogP contribution in [0, 0.1) is 5.92 Å². The highest BCUT2D eigenvalue weighted by atomic mass is 19.4. The second-order valence-electron chi connectivity index (χ2n) is 8.38. The number of hydrogen-bond acceptors (Lipinski definition) is 7. The van der Waals surface area contributed by atoms with E-state index in [4.69, 9.17) is 5.73 Å². The molecule has 1 atom stereocenters. The number of carbonyl (C=O) groups is 1. The quantitative estimate of drug-likeness (QED) is 0.428. The summed E-state index contributed by atoms with van der Waals surface area (Å²) in [5.41, 5.74) is 9.10. The summed E-state index contributed by atoms with van der Waals surface area (Å²) >= 11 is 0. The summed E-state index contributed by atoms with van der Waals surface area (Å²) in [7, 11) is 1.74. The zero-order chi connectivity index (χ0) is 25.4. The van der Waals surface area contributed by atoms with Crippen LogP contribution in [0.2, 0.25) is 0 Å². The van der Waals surface area contributed by atoms with E-state index < -0.39 is 24.4 Å². The molecular formula is C24H21F3N8O. The summed E-state index contributed by atoms with van der Waals surface area (Å²) in [6.45, 7) is -0.374. The normalized spacial score (nSPS) is 15.9. The van der Waals surface area contributed by atoms with Gasteiger partial charge < -0.3 is 16.0 Å². The first-order chi connectivity index (χ1) is 17.2. The Balaban J connectivity index is 1.29. The summed E-state index contributed by atoms with van der Waals surface area (Å²) in [6, 6.07) is 15.9. The highest BCUT2D eigenvalue weighted by molar-refractivity contribution is 5.96. The predicted molar refractivity (Wildman–Crippen MR) is 128 cm³/mol. The zero-order valence-electron chi connectivity index (χ0n) is 19.1. The lowest BCUT2D eigenvalue weighted by Crippen LogP contribution is -2.28. The fourth-order valence-electron chi connectivity index (χ4n) is 3.97. The number of aryl methyl sites for hydroxylation is 1. The number of anilines is 4. The van der Waals surface area contributed by atoms with Crippen molar-refractivity contribution in [3.63, 3.8) is 0 Å². The van der Waals surface area contributed by atoms with Gasteiger partial charge in [0.2, 0.25) is 17.8 Å². The monoisotopic (exact) mass is 494 g/mol. The van der Waals surface area contributed by atoms with Gasteiger partial charge in [0, 0.05) is 48.7 Å².